The molecule has 190 valence electrons. The van der Waals surface area contributed by atoms with Crippen LogP contribution in [0.5, 0.6) is 0 Å². The van der Waals surface area contributed by atoms with Crippen molar-refractivity contribution in [1.82, 2.24) is 20.2 Å². The topological polar surface area (TPSA) is 101 Å². The zero-order valence-corrected chi connectivity index (χ0v) is 21.6. The SMILES string of the molecule is COCc1cc(N2CCN(C(C)=O)CC2)nc(SCc2ccc(C(=O)NC(C)c3ccccc3)o2)n1. The van der Waals surface area contributed by atoms with E-state index in [2.05, 4.69) is 15.2 Å². The van der Waals surface area contributed by atoms with Crippen LogP contribution in [0.2, 0.25) is 0 Å². The molecule has 36 heavy (non-hydrogen) atoms. The molecule has 1 aliphatic rings. The molecule has 0 radical (unpaired) electrons. The number of thioether (sulfide) groups is 1. The molecule has 1 aliphatic heterocycles. The molecular weight excluding hydrogens is 478 g/mol. The standard InChI is InChI=1S/C26H31N5O4S/c1-18(20-7-5-4-6-8-20)27-25(33)23-10-9-22(35-23)17-36-26-28-21(16-34-3)15-24(29-26)31-13-11-30(12-14-31)19(2)32/h4-10,15,18H,11-14,16-17H2,1-3H3,(H,27,33). The Kier molecular flexibility index (Phi) is 8.61. The van der Waals surface area contributed by atoms with Gasteiger partial charge in [0, 0.05) is 46.3 Å². The van der Waals surface area contributed by atoms with Crippen molar-refractivity contribution in [2.24, 2.45) is 0 Å². The van der Waals surface area contributed by atoms with Crippen LogP contribution in [0.25, 0.3) is 0 Å². The maximum absolute atomic E-state index is 12.6. The molecule has 1 unspecified atom stereocenters. The number of carbonyl (C=O) groups is 2. The third-order valence-corrected chi connectivity index (χ3v) is 6.83. The largest absolute Gasteiger partial charge is 0.455 e. The second kappa shape index (κ2) is 12.0. The fourth-order valence-corrected chi connectivity index (χ4v) is 4.73. The second-order valence-corrected chi connectivity index (χ2v) is 9.53. The number of benzene rings is 1. The number of aromatic nitrogens is 2. The van der Waals surface area contributed by atoms with E-state index < -0.39 is 0 Å². The number of hydrogen-bond donors (Lipinski definition) is 1. The molecular formula is C26H31N5O4S. The average Bonchev–Trinajstić information content (AvgIpc) is 3.37. The fraction of sp³-hybridized carbons (Fsp3) is 0.385. The third-order valence-electron chi connectivity index (χ3n) is 5.96. The van der Waals surface area contributed by atoms with Gasteiger partial charge in [-0.05, 0) is 24.6 Å². The van der Waals surface area contributed by atoms with Crippen LogP contribution in [0.4, 0.5) is 5.82 Å². The third kappa shape index (κ3) is 6.64. The van der Waals surface area contributed by atoms with Gasteiger partial charge in [-0.25, -0.2) is 9.97 Å². The predicted molar refractivity (Wildman–Crippen MR) is 138 cm³/mol. The molecule has 2 aromatic heterocycles. The van der Waals surface area contributed by atoms with Gasteiger partial charge in [0.15, 0.2) is 10.9 Å². The Morgan fingerprint density at radius 1 is 1.11 bits per heavy atom. The number of piperazine rings is 1. The lowest BCUT2D eigenvalue weighted by Gasteiger charge is -2.35. The highest BCUT2D eigenvalue weighted by molar-refractivity contribution is 7.98. The molecule has 4 rings (SSSR count). The molecule has 3 heterocycles. The van der Waals surface area contributed by atoms with E-state index in [0.29, 0.717) is 49.5 Å². The number of hydrogen-bond acceptors (Lipinski definition) is 8. The first kappa shape index (κ1) is 25.7. The van der Waals surface area contributed by atoms with E-state index in [1.165, 1.54) is 11.8 Å². The van der Waals surface area contributed by atoms with Crippen molar-refractivity contribution in [3.8, 4) is 0 Å². The lowest BCUT2D eigenvalue weighted by molar-refractivity contribution is -0.129. The minimum atomic E-state index is -0.257. The fourth-order valence-electron chi connectivity index (χ4n) is 3.96. The van der Waals surface area contributed by atoms with Gasteiger partial charge in [0.05, 0.1) is 24.1 Å². The van der Waals surface area contributed by atoms with Crippen LogP contribution in [0.15, 0.2) is 58.1 Å². The van der Waals surface area contributed by atoms with Crippen molar-refractivity contribution in [2.75, 3.05) is 38.2 Å². The summed E-state index contributed by atoms with van der Waals surface area (Å²) in [6, 6.07) is 15.1. The first-order chi connectivity index (χ1) is 17.4. The van der Waals surface area contributed by atoms with Gasteiger partial charge in [0.1, 0.15) is 11.6 Å². The maximum Gasteiger partial charge on any atom is 0.287 e. The molecule has 0 saturated carbocycles. The Morgan fingerprint density at radius 3 is 2.56 bits per heavy atom. The summed E-state index contributed by atoms with van der Waals surface area (Å²) in [6.07, 6.45) is 0. The number of amides is 2. The number of nitrogens with one attached hydrogen (secondary N) is 1. The Hall–Kier alpha value is -3.37. The highest BCUT2D eigenvalue weighted by Gasteiger charge is 2.21. The molecule has 1 atom stereocenters. The summed E-state index contributed by atoms with van der Waals surface area (Å²) in [5.74, 6) is 2.07. The van der Waals surface area contributed by atoms with Crippen molar-refractivity contribution in [3.63, 3.8) is 0 Å². The molecule has 0 bridgehead atoms. The molecule has 0 spiro atoms. The molecule has 1 fully saturated rings. The molecule has 9 nitrogen and oxygen atoms in total. The highest BCUT2D eigenvalue weighted by Crippen LogP contribution is 2.25. The minimum absolute atomic E-state index is 0.0923. The summed E-state index contributed by atoms with van der Waals surface area (Å²) in [6.45, 7) is 6.68. The molecule has 1 saturated heterocycles. The number of nitrogens with zero attached hydrogens (tertiary/aromatic N) is 4. The lowest BCUT2D eigenvalue weighted by Crippen LogP contribution is -2.48. The first-order valence-electron chi connectivity index (χ1n) is 11.9. The van der Waals surface area contributed by atoms with Gasteiger partial charge >= 0.3 is 0 Å². The van der Waals surface area contributed by atoms with Crippen molar-refractivity contribution in [2.45, 2.75) is 37.4 Å². The van der Waals surface area contributed by atoms with Crippen molar-refractivity contribution in [1.29, 1.82) is 0 Å². The quantitative estimate of drug-likeness (QED) is 0.345. The van der Waals surface area contributed by atoms with Crippen LogP contribution < -0.4 is 10.2 Å². The van der Waals surface area contributed by atoms with Crippen molar-refractivity contribution >= 4 is 29.4 Å². The van der Waals surface area contributed by atoms with Crippen LogP contribution in [-0.4, -0.2) is 60.0 Å². The number of methoxy groups -OCH3 is 1. The van der Waals surface area contributed by atoms with E-state index in [1.807, 2.05) is 48.2 Å². The monoisotopic (exact) mass is 509 g/mol. The second-order valence-electron chi connectivity index (χ2n) is 8.59. The Labute approximate surface area is 215 Å². The van der Waals surface area contributed by atoms with Crippen LogP contribution >= 0.6 is 11.8 Å². The average molecular weight is 510 g/mol. The highest BCUT2D eigenvalue weighted by atomic mass is 32.2. The van der Waals surface area contributed by atoms with Crippen LogP contribution in [0, 0.1) is 0 Å². The van der Waals surface area contributed by atoms with Gasteiger partial charge in [-0.1, -0.05) is 42.1 Å². The van der Waals surface area contributed by atoms with E-state index in [1.54, 1.807) is 26.2 Å². The summed E-state index contributed by atoms with van der Waals surface area (Å²) < 4.78 is 11.1. The predicted octanol–water partition coefficient (Wildman–Crippen LogP) is 3.67. The molecule has 1 N–H and O–H groups in total. The maximum atomic E-state index is 12.6. The van der Waals surface area contributed by atoms with E-state index in [4.69, 9.17) is 14.1 Å². The number of ether oxygens (including phenoxy) is 1. The van der Waals surface area contributed by atoms with Gasteiger partial charge in [0.25, 0.3) is 5.91 Å². The van der Waals surface area contributed by atoms with E-state index in [-0.39, 0.29) is 23.6 Å². The van der Waals surface area contributed by atoms with Crippen LogP contribution in [0.3, 0.4) is 0 Å². The zero-order valence-electron chi connectivity index (χ0n) is 20.8. The van der Waals surface area contributed by atoms with Gasteiger partial charge in [-0.2, -0.15) is 0 Å². The summed E-state index contributed by atoms with van der Waals surface area (Å²) in [4.78, 5) is 37.6. The number of anilines is 1. The van der Waals surface area contributed by atoms with Crippen molar-refractivity contribution < 1.29 is 18.7 Å². The van der Waals surface area contributed by atoms with E-state index >= 15 is 0 Å². The number of rotatable bonds is 9. The first-order valence-corrected chi connectivity index (χ1v) is 12.9. The number of carbonyl (C=O) groups excluding carboxylic acids is 2. The van der Waals surface area contributed by atoms with E-state index in [9.17, 15) is 9.59 Å². The Bertz CT molecular complexity index is 1180. The Morgan fingerprint density at radius 2 is 1.86 bits per heavy atom. The molecule has 10 heteroatoms. The van der Waals surface area contributed by atoms with Gasteiger partial charge in [-0.15, -0.1) is 0 Å². The smallest absolute Gasteiger partial charge is 0.287 e. The normalized spacial score (nSPS) is 14.5. The molecule has 2 amide bonds. The van der Waals surface area contributed by atoms with Crippen LogP contribution in [0.1, 0.15) is 47.5 Å². The van der Waals surface area contributed by atoms with Gasteiger partial charge in [0.2, 0.25) is 5.91 Å². The van der Waals surface area contributed by atoms with Crippen molar-refractivity contribution in [3.05, 3.63) is 71.3 Å². The zero-order chi connectivity index (χ0) is 25.5. The van der Waals surface area contributed by atoms with Crippen LogP contribution in [-0.2, 0) is 21.9 Å². The summed E-state index contributed by atoms with van der Waals surface area (Å²) in [5.41, 5.74) is 1.81. The molecule has 0 aliphatic carbocycles. The van der Waals surface area contributed by atoms with E-state index in [0.717, 1.165) is 17.1 Å². The number of furan rings is 1. The summed E-state index contributed by atoms with van der Waals surface area (Å²) >= 11 is 1.44. The van der Waals surface area contributed by atoms with Gasteiger partial charge < -0.3 is 24.3 Å². The summed E-state index contributed by atoms with van der Waals surface area (Å²) in [7, 11) is 1.63. The van der Waals surface area contributed by atoms with Gasteiger partial charge in [-0.3, -0.25) is 9.59 Å². The minimum Gasteiger partial charge on any atom is -0.455 e. The molecule has 1 aromatic carbocycles. The lowest BCUT2D eigenvalue weighted by atomic mass is 10.1. The summed E-state index contributed by atoms with van der Waals surface area (Å²) in [5, 5.41) is 3.57. The molecule has 3 aromatic rings. The Balaban J connectivity index is 1.38.